The molecule has 0 saturated heterocycles. The number of anilines is 1. The van der Waals surface area contributed by atoms with E-state index in [1.165, 1.54) is 17.4 Å². The Bertz CT molecular complexity index is 1200. The molecule has 4 rings (SSSR count). The molecule has 4 aromatic rings. The minimum absolute atomic E-state index is 0.266. The molecule has 0 spiro atoms. The van der Waals surface area contributed by atoms with Crippen LogP contribution < -0.4 is 5.32 Å². The van der Waals surface area contributed by atoms with Crippen LogP contribution >= 0.6 is 11.3 Å². The number of hydrogen-bond donors (Lipinski definition) is 1. The van der Waals surface area contributed by atoms with E-state index in [2.05, 4.69) is 21.5 Å². The first-order valence-electron chi connectivity index (χ1n) is 8.76. The summed E-state index contributed by atoms with van der Waals surface area (Å²) in [7, 11) is 0. The van der Waals surface area contributed by atoms with Crippen molar-refractivity contribution in [2.24, 2.45) is 0 Å². The predicted octanol–water partition coefficient (Wildman–Crippen LogP) is 4.52. The first kappa shape index (κ1) is 18.3. The second-order valence-corrected chi connectivity index (χ2v) is 6.96. The number of para-hydroxylation sites is 1. The number of thiazole rings is 1. The average Bonchev–Trinajstić information content (AvgIpc) is 3.43. The van der Waals surface area contributed by atoms with Crippen LogP contribution in [0.1, 0.15) is 11.1 Å². The lowest BCUT2D eigenvalue weighted by Gasteiger charge is -1.98. The highest BCUT2D eigenvalue weighted by Gasteiger charge is 2.07. The van der Waals surface area contributed by atoms with E-state index < -0.39 is 0 Å². The summed E-state index contributed by atoms with van der Waals surface area (Å²) in [4.78, 5) is 16.6. The molecule has 0 unspecified atom stereocenters. The van der Waals surface area contributed by atoms with Crippen LogP contribution in [0.3, 0.4) is 0 Å². The number of carbonyl (C=O) groups excluding carboxylic acids is 1. The van der Waals surface area contributed by atoms with Gasteiger partial charge < -0.3 is 0 Å². The normalized spacial score (nSPS) is 10.7. The number of nitrogens with one attached hydrogen (secondary N) is 1. The standard InChI is InChI=1S/C22H15N5OS/c23-12-16-6-9-18(10-7-16)20-15-29-22(25-20)26-21(28)11-8-17-13-24-27(14-17)19-4-2-1-3-5-19/h1-11,13-15H,(H,25,26,28)/b11-8+. The highest BCUT2D eigenvalue weighted by molar-refractivity contribution is 7.14. The van der Waals surface area contributed by atoms with Gasteiger partial charge >= 0.3 is 0 Å². The van der Waals surface area contributed by atoms with Gasteiger partial charge in [-0.05, 0) is 30.3 Å². The number of hydrogen-bond acceptors (Lipinski definition) is 5. The van der Waals surface area contributed by atoms with Crippen molar-refractivity contribution in [3.05, 3.63) is 89.6 Å². The number of rotatable bonds is 5. The first-order valence-corrected chi connectivity index (χ1v) is 9.64. The van der Waals surface area contributed by atoms with E-state index in [0.717, 1.165) is 22.5 Å². The number of nitrogens with zero attached hydrogens (tertiary/aromatic N) is 4. The maximum absolute atomic E-state index is 12.2. The number of amides is 1. The maximum Gasteiger partial charge on any atom is 0.250 e. The predicted molar refractivity (Wildman–Crippen MR) is 113 cm³/mol. The molecule has 0 fully saturated rings. The average molecular weight is 397 g/mol. The van der Waals surface area contributed by atoms with E-state index in [1.807, 2.05) is 54.0 Å². The van der Waals surface area contributed by atoms with Crippen LogP contribution in [0.25, 0.3) is 23.0 Å². The van der Waals surface area contributed by atoms with E-state index in [9.17, 15) is 4.79 Å². The fourth-order valence-corrected chi connectivity index (χ4v) is 3.37. The van der Waals surface area contributed by atoms with Gasteiger partial charge in [-0.3, -0.25) is 10.1 Å². The van der Waals surface area contributed by atoms with Gasteiger partial charge in [0.05, 0.1) is 29.2 Å². The molecule has 0 atom stereocenters. The summed E-state index contributed by atoms with van der Waals surface area (Å²) < 4.78 is 1.75. The Morgan fingerprint density at radius 2 is 1.93 bits per heavy atom. The van der Waals surface area contributed by atoms with Crippen molar-refractivity contribution in [1.29, 1.82) is 5.26 Å². The molecule has 0 aliphatic rings. The van der Waals surface area contributed by atoms with Crippen LogP contribution in [0, 0.1) is 11.3 Å². The zero-order valence-corrected chi connectivity index (χ0v) is 16.0. The number of nitriles is 1. The summed E-state index contributed by atoms with van der Waals surface area (Å²) >= 11 is 1.35. The molecule has 1 amide bonds. The molecule has 0 bridgehead atoms. The van der Waals surface area contributed by atoms with Gasteiger partial charge in [-0.1, -0.05) is 30.3 Å². The molecule has 29 heavy (non-hydrogen) atoms. The third-order valence-corrected chi connectivity index (χ3v) is 4.85. The molecule has 0 radical (unpaired) electrons. The van der Waals surface area contributed by atoms with Gasteiger partial charge in [0.15, 0.2) is 5.13 Å². The molecule has 140 valence electrons. The van der Waals surface area contributed by atoms with Crippen LogP contribution in [0.15, 0.2) is 78.4 Å². The quantitative estimate of drug-likeness (QED) is 0.502. The first-order chi connectivity index (χ1) is 14.2. The zero-order valence-electron chi connectivity index (χ0n) is 15.2. The molecular formula is C22H15N5OS. The Hall–Kier alpha value is -4.02. The number of aromatic nitrogens is 3. The summed E-state index contributed by atoms with van der Waals surface area (Å²) in [5, 5.41) is 18.3. The largest absolute Gasteiger partial charge is 0.298 e. The monoisotopic (exact) mass is 397 g/mol. The van der Waals surface area contributed by atoms with E-state index in [0.29, 0.717) is 10.7 Å². The SMILES string of the molecule is N#Cc1ccc(-c2csc(NC(=O)/C=C/c3cnn(-c4ccccc4)c3)n2)cc1. The third kappa shape index (κ3) is 4.46. The van der Waals surface area contributed by atoms with Crippen LogP contribution in [-0.4, -0.2) is 20.7 Å². The Morgan fingerprint density at radius 1 is 1.14 bits per heavy atom. The van der Waals surface area contributed by atoms with Crippen LogP contribution in [0.2, 0.25) is 0 Å². The van der Waals surface area contributed by atoms with Gasteiger partial charge in [0, 0.05) is 28.8 Å². The summed E-state index contributed by atoms with van der Waals surface area (Å²) in [5.41, 5.74) is 4.02. The molecule has 2 heterocycles. The Labute approximate surface area is 171 Å². The molecule has 7 heteroatoms. The topological polar surface area (TPSA) is 83.6 Å². The lowest BCUT2D eigenvalue weighted by atomic mass is 10.1. The van der Waals surface area contributed by atoms with Crippen molar-refractivity contribution < 1.29 is 4.79 Å². The Kier molecular flexibility index (Phi) is 5.27. The highest BCUT2D eigenvalue weighted by atomic mass is 32.1. The van der Waals surface area contributed by atoms with E-state index >= 15 is 0 Å². The molecule has 0 aliphatic heterocycles. The van der Waals surface area contributed by atoms with Crippen molar-refractivity contribution in [2.45, 2.75) is 0 Å². The Morgan fingerprint density at radius 3 is 2.69 bits per heavy atom. The molecule has 1 N–H and O–H groups in total. The number of carbonyl (C=O) groups is 1. The van der Waals surface area contributed by atoms with Gasteiger partial charge in [-0.25, -0.2) is 9.67 Å². The van der Waals surface area contributed by atoms with E-state index in [4.69, 9.17) is 5.26 Å². The summed E-state index contributed by atoms with van der Waals surface area (Å²) in [6.45, 7) is 0. The fraction of sp³-hybridized carbons (Fsp3) is 0. The van der Waals surface area contributed by atoms with Gasteiger partial charge in [-0.2, -0.15) is 10.4 Å². The smallest absolute Gasteiger partial charge is 0.250 e. The minimum atomic E-state index is -0.266. The summed E-state index contributed by atoms with van der Waals surface area (Å²) in [6, 6.07) is 19.0. The number of benzene rings is 2. The molecule has 2 aromatic heterocycles. The summed E-state index contributed by atoms with van der Waals surface area (Å²) in [5.74, 6) is -0.266. The zero-order chi connectivity index (χ0) is 20.1. The molecule has 2 aromatic carbocycles. The second kappa shape index (κ2) is 8.33. The fourth-order valence-electron chi connectivity index (χ4n) is 2.64. The maximum atomic E-state index is 12.2. The van der Waals surface area contributed by atoms with Crippen molar-refractivity contribution >= 4 is 28.5 Å². The van der Waals surface area contributed by atoms with Gasteiger partial charge in [0.25, 0.3) is 0 Å². The van der Waals surface area contributed by atoms with Crippen LogP contribution in [0.4, 0.5) is 5.13 Å². The van der Waals surface area contributed by atoms with Crippen molar-refractivity contribution in [1.82, 2.24) is 14.8 Å². The second-order valence-electron chi connectivity index (χ2n) is 6.10. The molecule has 0 saturated carbocycles. The summed E-state index contributed by atoms with van der Waals surface area (Å²) in [6.07, 6.45) is 6.71. The third-order valence-electron chi connectivity index (χ3n) is 4.09. The Balaban J connectivity index is 1.39. The van der Waals surface area contributed by atoms with Gasteiger partial charge in [0.2, 0.25) is 5.91 Å². The highest BCUT2D eigenvalue weighted by Crippen LogP contribution is 2.25. The molecular weight excluding hydrogens is 382 g/mol. The van der Waals surface area contributed by atoms with Crippen LogP contribution in [-0.2, 0) is 4.79 Å². The van der Waals surface area contributed by atoms with Gasteiger partial charge in [-0.15, -0.1) is 11.3 Å². The molecule has 6 nitrogen and oxygen atoms in total. The van der Waals surface area contributed by atoms with E-state index in [1.54, 1.807) is 29.1 Å². The molecule has 0 aliphatic carbocycles. The lowest BCUT2D eigenvalue weighted by molar-refractivity contribution is -0.111. The van der Waals surface area contributed by atoms with Crippen molar-refractivity contribution in [3.8, 4) is 23.0 Å². The van der Waals surface area contributed by atoms with Crippen molar-refractivity contribution in [2.75, 3.05) is 5.32 Å². The lowest BCUT2D eigenvalue weighted by Crippen LogP contribution is -2.07. The minimum Gasteiger partial charge on any atom is -0.298 e. The van der Waals surface area contributed by atoms with Crippen LogP contribution in [0.5, 0.6) is 0 Å². The van der Waals surface area contributed by atoms with Crippen molar-refractivity contribution in [3.63, 3.8) is 0 Å². The van der Waals surface area contributed by atoms with E-state index in [-0.39, 0.29) is 5.91 Å². The van der Waals surface area contributed by atoms with Gasteiger partial charge in [0.1, 0.15) is 0 Å².